The van der Waals surface area contributed by atoms with Crippen LogP contribution in [0, 0.1) is 0 Å². The molecule has 0 aromatic heterocycles. The first-order chi connectivity index (χ1) is 9.04. The normalized spacial score (nSPS) is 37.3. The Labute approximate surface area is 113 Å². The molecular formula is C12H24O7. The van der Waals surface area contributed by atoms with E-state index in [1.807, 2.05) is 6.92 Å². The van der Waals surface area contributed by atoms with E-state index in [0.29, 0.717) is 13.0 Å². The zero-order valence-corrected chi connectivity index (χ0v) is 11.6. The summed E-state index contributed by atoms with van der Waals surface area (Å²) < 4.78 is 20.9. The Hall–Kier alpha value is -0.280. The van der Waals surface area contributed by atoms with Crippen LogP contribution in [0.5, 0.6) is 0 Å². The smallest absolute Gasteiger partial charge is 0.186 e. The van der Waals surface area contributed by atoms with Crippen LogP contribution in [0.15, 0.2) is 0 Å². The standard InChI is InChI=1S/C12H24O7/c1-4-8-9(13)10(14)11(15)12(19-8)18-6-7(17-3)5-16-2/h7-15H,4-6H2,1-3H3/t7?,8-,9?,10?,11?,12-/m1/s1. The molecule has 0 saturated carbocycles. The molecule has 19 heavy (non-hydrogen) atoms. The molecule has 4 unspecified atom stereocenters. The number of hydrogen-bond donors (Lipinski definition) is 3. The fourth-order valence-electron chi connectivity index (χ4n) is 1.96. The predicted molar refractivity (Wildman–Crippen MR) is 65.6 cm³/mol. The average molecular weight is 280 g/mol. The number of methoxy groups -OCH3 is 2. The summed E-state index contributed by atoms with van der Waals surface area (Å²) in [7, 11) is 3.07. The van der Waals surface area contributed by atoms with Crippen LogP contribution < -0.4 is 0 Å². The first-order valence-corrected chi connectivity index (χ1v) is 6.38. The van der Waals surface area contributed by atoms with E-state index in [1.165, 1.54) is 7.11 Å². The summed E-state index contributed by atoms with van der Waals surface area (Å²) in [5.41, 5.74) is 0. The van der Waals surface area contributed by atoms with E-state index in [2.05, 4.69) is 0 Å². The summed E-state index contributed by atoms with van der Waals surface area (Å²) in [5, 5.41) is 29.2. The van der Waals surface area contributed by atoms with Crippen molar-refractivity contribution in [2.45, 2.75) is 50.2 Å². The number of hydrogen-bond acceptors (Lipinski definition) is 7. The zero-order valence-electron chi connectivity index (χ0n) is 11.6. The lowest BCUT2D eigenvalue weighted by Gasteiger charge is -2.40. The summed E-state index contributed by atoms with van der Waals surface area (Å²) in [6.07, 6.45) is -5.02. The number of rotatable bonds is 7. The van der Waals surface area contributed by atoms with Gasteiger partial charge in [0.25, 0.3) is 0 Å². The average Bonchev–Trinajstić information content (AvgIpc) is 2.42. The minimum Gasteiger partial charge on any atom is -0.388 e. The molecule has 3 N–H and O–H groups in total. The van der Waals surface area contributed by atoms with Crippen LogP contribution in [0.2, 0.25) is 0 Å². The highest BCUT2D eigenvalue weighted by Crippen LogP contribution is 2.23. The van der Waals surface area contributed by atoms with Crippen molar-refractivity contribution < 1.29 is 34.3 Å². The van der Waals surface area contributed by atoms with Gasteiger partial charge in [-0.05, 0) is 6.42 Å². The number of aliphatic hydroxyl groups excluding tert-OH is 3. The van der Waals surface area contributed by atoms with E-state index < -0.39 is 30.7 Å². The molecule has 1 aliphatic heterocycles. The molecule has 1 aliphatic rings. The molecule has 6 atom stereocenters. The van der Waals surface area contributed by atoms with Crippen LogP contribution in [0.25, 0.3) is 0 Å². The molecule has 0 bridgehead atoms. The monoisotopic (exact) mass is 280 g/mol. The molecule has 0 radical (unpaired) electrons. The van der Waals surface area contributed by atoms with E-state index in [4.69, 9.17) is 18.9 Å². The summed E-state index contributed by atoms with van der Waals surface area (Å²) >= 11 is 0. The quantitative estimate of drug-likeness (QED) is 0.543. The van der Waals surface area contributed by atoms with Gasteiger partial charge >= 0.3 is 0 Å². The molecule has 7 nitrogen and oxygen atoms in total. The maximum absolute atomic E-state index is 9.80. The molecule has 0 aliphatic carbocycles. The molecular weight excluding hydrogens is 256 g/mol. The minimum atomic E-state index is -1.29. The highest BCUT2D eigenvalue weighted by atomic mass is 16.7. The van der Waals surface area contributed by atoms with Crippen molar-refractivity contribution in [1.29, 1.82) is 0 Å². The van der Waals surface area contributed by atoms with Gasteiger partial charge in [-0.15, -0.1) is 0 Å². The third-order valence-corrected chi connectivity index (χ3v) is 3.20. The largest absolute Gasteiger partial charge is 0.388 e. The van der Waals surface area contributed by atoms with E-state index in [1.54, 1.807) is 7.11 Å². The van der Waals surface area contributed by atoms with Gasteiger partial charge in [0.05, 0.1) is 19.3 Å². The van der Waals surface area contributed by atoms with Crippen molar-refractivity contribution in [3.05, 3.63) is 0 Å². The van der Waals surface area contributed by atoms with Crippen molar-refractivity contribution in [1.82, 2.24) is 0 Å². The topological polar surface area (TPSA) is 97.6 Å². The molecule has 1 heterocycles. The van der Waals surface area contributed by atoms with Crippen molar-refractivity contribution in [2.75, 3.05) is 27.4 Å². The number of aliphatic hydroxyl groups is 3. The lowest BCUT2D eigenvalue weighted by molar-refractivity contribution is -0.301. The molecule has 1 rings (SSSR count). The molecule has 0 aromatic carbocycles. The lowest BCUT2D eigenvalue weighted by Crippen LogP contribution is -2.58. The molecule has 114 valence electrons. The summed E-state index contributed by atoms with van der Waals surface area (Å²) in [6, 6.07) is 0. The second kappa shape index (κ2) is 8.11. The summed E-state index contributed by atoms with van der Waals surface area (Å²) in [5.74, 6) is 0. The van der Waals surface area contributed by atoms with Gasteiger partial charge in [-0.2, -0.15) is 0 Å². The van der Waals surface area contributed by atoms with E-state index in [9.17, 15) is 15.3 Å². The Morgan fingerprint density at radius 2 is 1.74 bits per heavy atom. The van der Waals surface area contributed by atoms with Gasteiger partial charge in [-0.3, -0.25) is 0 Å². The third-order valence-electron chi connectivity index (χ3n) is 3.20. The Morgan fingerprint density at radius 1 is 1.05 bits per heavy atom. The van der Waals surface area contributed by atoms with Crippen LogP contribution in [-0.4, -0.2) is 79.6 Å². The first-order valence-electron chi connectivity index (χ1n) is 6.38. The molecule has 1 saturated heterocycles. The molecule has 0 aromatic rings. The second-order valence-corrected chi connectivity index (χ2v) is 4.57. The maximum atomic E-state index is 9.80. The molecule has 1 fully saturated rings. The van der Waals surface area contributed by atoms with Crippen molar-refractivity contribution in [3.8, 4) is 0 Å². The first kappa shape index (κ1) is 16.8. The van der Waals surface area contributed by atoms with Crippen LogP contribution in [0.1, 0.15) is 13.3 Å². The fourth-order valence-corrected chi connectivity index (χ4v) is 1.96. The highest BCUT2D eigenvalue weighted by molar-refractivity contribution is 4.88. The van der Waals surface area contributed by atoms with Crippen LogP contribution in [-0.2, 0) is 18.9 Å². The van der Waals surface area contributed by atoms with Gasteiger partial charge in [-0.25, -0.2) is 0 Å². The van der Waals surface area contributed by atoms with Crippen LogP contribution in [0.3, 0.4) is 0 Å². The van der Waals surface area contributed by atoms with E-state index in [-0.39, 0.29) is 12.7 Å². The van der Waals surface area contributed by atoms with Gasteiger partial charge in [0.2, 0.25) is 0 Å². The van der Waals surface area contributed by atoms with Gasteiger partial charge in [-0.1, -0.05) is 6.92 Å². The lowest BCUT2D eigenvalue weighted by atomic mass is 9.97. The SMILES string of the molecule is CC[C@H]1O[C@@H](OCC(COC)OC)C(O)C(O)C1O. The van der Waals surface area contributed by atoms with Gasteiger partial charge < -0.3 is 34.3 Å². The molecule has 0 spiro atoms. The Kier molecular flexibility index (Phi) is 7.16. The minimum absolute atomic E-state index is 0.158. The van der Waals surface area contributed by atoms with Gasteiger partial charge in [0.15, 0.2) is 6.29 Å². The Morgan fingerprint density at radius 3 is 2.26 bits per heavy atom. The van der Waals surface area contributed by atoms with E-state index >= 15 is 0 Å². The Balaban J connectivity index is 2.51. The second-order valence-electron chi connectivity index (χ2n) is 4.57. The van der Waals surface area contributed by atoms with Crippen LogP contribution in [0.4, 0.5) is 0 Å². The fraction of sp³-hybridized carbons (Fsp3) is 1.00. The van der Waals surface area contributed by atoms with E-state index in [0.717, 1.165) is 0 Å². The maximum Gasteiger partial charge on any atom is 0.186 e. The summed E-state index contributed by atoms with van der Waals surface area (Å²) in [6.45, 7) is 2.32. The van der Waals surface area contributed by atoms with Crippen molar-refractivity contribution >= 4 is 0 Å². The summed E-state index contributed by atoms with van der Waals surface area (Å²) in [4.78, 5) is 0. The number of ether oxygens (including phenoxy) is 4. The van der Waals surface area contributed by atoms with Gasteiger partial charge in [0, 0.05) is 14.2 Å². The van der Waals surface area contributed by atoms with Crippen LogP contribution >= 0.6 is 0 Å². The van der Waals surface area contributed by atoms with Gasteiger partial charge in [0.1, 0.15) is 24.4 Å². The van der Waals surface area contributed by atoms with Crippen molar-refractivity contribution in [3.63, 3.8) is 0 Å². The highest BCUT2D eigenvalue weighted by Gasteiger charge is 2.43. The zero-order chi connectivity index (χ0) is 14.4. The molecule has 7 heteroatoms. The Bertz CT molecular complexity index is 248. The molecule has 0 amide bonds. The van der Waals surface area contributed by atoms with Crippen molar-refractivity contribution in [2.24, 2.45) is 0 Å². The predicted octanol–water partition coefficient (Wildman–Crippen LogP) is -1.12. The third kappa shape index (κ3) is 4.35.